The summed E-state index contributed by atoms with van der Waals surface area (Å²) in [5, 5.41) is 2.79. The third kappa shape index (κ3) is 4.38. The molecule has 3 rings (SSSR count). The molecule has 2 aromatic rings. The first-order chi connectivity index (χ1) is 11.6. The van der Waals surface area contributed by atoms with E-state index in [2.05, 4.69) is 5.32 Å². The first-order valence-electron chi connectivity index (χ1n) is 7.90. The van der Waals surface area contributed by atoms with E-state index >= 15 is 0 Å². The molecule has 1 N–H and O–H groups in total. The van der Waals surface area contributed by atoms with Crippen molar-refractivity contribution in [2.24, 2.45) is 0 Å². The van der Waals surface area contributed by atoms with Crippen molar-refractivity contribution in [2.75, 3.05) is 0 Å². The zero-order chi connectivity index (χ0) is 16.9. The monoisotopic (exact) mass is 329 g/mol. The molecule has 1 aliphatic carbocycles. The topological polar surface area (TPSA) is 77.8 Å². The van der Waals surface area contributed by atoms with Gasteiger partial charge in [-0.3, -0.25) is 4.79 Å². The maximum atomic E-state index is 12.0. The number of carbonyl (C=O) groups is 2. The molecule has 1 aromatic carbocycles. The van der Waals surface area contributed by atoms with Gasteiger partial charge in [-0.1, -0.05) is 18.2 Å². The summed E-state index contributed by atoms with van der Waals surface area (Å²) in [6.07, 6.45) is 1.11. The predicted octanol–water partition coefficient (Wildman–Crippen LogP) is 2.68. The molecule has 0 saturated heterocycles. The van der Waals surface area contributed by atoms with Gasteiger partial charge >= 0.3 is 5.97 Å². The Kier molecular flexibility index (Phi) is 4.84. The van der Waals surface area contributed by atoms with E-state index in [1.165, 1.54) is 13.0 Å². The Morgan fingerprint density at radius 2 is 1.96 bits per heavy atom. The third-order valence-electron chi connectivity index (χ3n) is 3.56. The lowest BCUT2D eigenvalue weighted by Gasteiger charge is -2.12. The maximum Gasteiger partial charge on any atom is 0.375 e. The second-order valence-electron chi connectivity index (χ2n) is 5.70. The van der Waals surface area contributed by atoms with Crippen molar-refractivity contribution in [3.8, 4) is 5.75 Å². The van der Waals surface area contributed by atoms with Crippen LogP contribution in [-0.2, 0) is 16.1 Å². The minimum Gasteiger partial charge on any atom is -0.486 e. The van der Waals surface area contributed by atoms with Crippen molar-refractivity contribution in [3.63, 3.8) is 0 Å². The summed E-state index contributed by atoms with van der Waals surface area (Å²) >= 11 is 0. The van der Waals surface area contributed by atoms with E-state index < -0.39 is 12.1 Å². The van der Waals surface area contributed by atoms with E-state index in [0.29, 0.717) is 11.5 Å². The summed E-state index contributed by atoms with van der Waals surface area (Å²) < 4.78 is 16.1. The molecule has 1 amide bonds. The Balaban J connectivity index is 1.50. The van der Waals surface area contributed by atoms with Crippen LogP contribution in [0.1, 0.15) is 36.1 Å². The number of rotatable bonds is 7. The Labute approximate surface area is 139 Å². The normalized spacial score (nSPS) is 14.7. The van der Waals surface area contributed by atoms with Crippen LogP contribution in [-0.4, -0.2) is 24.0 Å². The van der Waals surface area contributed by atoms with Crippen molar-refractivity contribution in [2.45, 2.75) is 38.5 Å². The van der Waals surface area contributed by atoms with Crippen LogP contribution < -0.4 is 10.1 Å². The summed E-state index contributed by atoms with van der Waals surface area (Å²) in [6, 6.07) is 12.7. The van der Waals surface area contributed by atoms with E-state index in [4.69, 9.17) is 13.9 Å². The largest absolute Gasteiger partial charge is 0.486 e. The number of nitrogens with one attached hydrogen (secondary N) is 1. The molecular formula is C18H19NO5. The zero-order valence-corrected chi connectivity index (χ0v) is 13.4. The molecule has 0 spiro atoms. The quantitative estimate of drug-likeness (QED) is 0.790. The van der Waals surface area contributed by atoms with Gasteiger partial charge in [-0.15, -0.1) is 0 Å². The molecule has 1 heterocycles. The molecule has 0 unspecified atom stereocenters. The number of benzene rings is 1. The van der Waals surface area contributed by atoms with Gasteiger partial charge in [-0.25, -0.2) is 4.79 Å². The van der Waals surface area contributed by atoms with Gasteiger partial charge in [0.15, 0.2) is 6.10 Å². The number of para-hydroxylation sites is 1. The van der Waals surface area contributed by atoms with Gasteiger partial charge < -0.3 is 19.2 Å². The predicted molar refractivity (Wildman–Crippen MR) is 85.5 cm³/mol. The molecule has 0 aliphatic heterocycles. The Bertz CT molecular complexity index is 705. The Hall–Kier alpha value is -2.76. The second-order valence-corrected chi connectivity index (χ2v) is 5.70. The number of esters is 1. The molecule has 1 saturated carbocycles. The number of amides is 1. The highest BCUT2D eigenvalue weighted by molar-refractivity contribution is 5.90. The second kappa shape index (κ2) is 7.21. The van der Waals surface area contributed by atoms with Crippen LogP contribution in [0.3, 0.4) is 0 Å². The van der Waals surface area contributed by atoms with Gasteiger partial charge in [-0.2, -0.15) is 0 Å². The number of carbonyl (C=O) groups excluding carboxylic acids is 2. The minimum atomic E-state index is -0.854. The van der Waals surface area contributed by atoms with E-state index in [0.717, 1.165) is 12.8 Å². The highest BCUT2D eigenvalue weighted by atomic mass is 16.6. The first kappa shape index (κ1) is 16.1. The maximum absolute atomic E-state index is 12.0. The summed E-state index contributed by atoms with van der Waals surface area (Å²) in [7, 11) is 0. The molecule has 0 bridgehead atoms. The molecule has 24 heavy (non-hydrogen) atoms. The first-order valence-corrected chi connectivity index (χ1v) is 7.90. The fourth-order valence-corrected chi connectivity index (χ4v) is 2.05. The minimum absolute atomic E-state index is 0.0488. The van der Waals surface area contributed by atoms with Crippen molar-refractivity contribution in [1.29, 1.82) is 0 Å². The summed E-state index contributed by atoms with van der Waals surface area (Å²) in [4.78, 5) is 23.8. The van der Waals surface area contributed by atoms with Gasteiger partial charge in [0.1, 0.15) is 18.1 Å². The number of ether oxygens (including phenoxy) is 2. The van der Waals surface area contributed by atoms with Gasteiger partial charge in [0, 0.05) is 6.04 Å². The lowest BCUT2D eigenvalue weighted by atomic mass is 10.3. The Morgan fingerprint density at radius 1 is 1.21 bits per heavy atom. The average Bonchev–Trinajstić information content (AvgIpc) is 3.27. The molecule has 126 valence electrons. The van der Waals surface area contributed by atoms with Crippen LogP contribution in [0, 0.1) is 0 Å². The van der Waals surface area contributed by atoms with E-state index in [1.807, 2.05) is 30.3 Å². The van der Waals surface area contributed by atoms with E-state index in [9.17, 15) is 9.59 Å². The van der Waals surface area contributed by atoms with Crippen molar-refractivity contribution >= 4 is 11.9 Å². The summed E-state index contributed by atoms with van der Waals surface area (Å²) in [5.74, 6) is 0.307. The zero-order valence-electron chi connectivity index (χ0n) is 13.4. The lowest BCUT2D eigenvalue weighted by Crippen LogP contribution is -2.37. The SMILES string of the molecule is C[C@@H](OC(=O)c1ccc(COc2ccccc2)o1)C(=O)NC1CC1. The number of hydrogen-bond donors (Lipinski definition) is 1. The van der Waals surface area contributed by atoms with Gasteiger partial charge in [-0.05, 0) is 44.0 Å². The van der Waals surface area contributed by atoms with Gasteiger partial charge in [0.05, 0.1) is 0 Å². The molecule has 6 nitrogen and oxygen atoms in total. The summed E-state index contributed by atoms with van der Waals surface area (Å²) in [6.45, 7) is 1.74. The van der Waals surface area contributed by atoms with Crippen LogP contribution in [0.15, 0.2) is 46.9 Å². The van der Waals surface area contributed by atoms with Crippen molar-refractivity contribution < 1.29 is 23.5 Å². The average molecular weight is 329 g/mol. The van der Waals surface area contributed by atoms with Gasteiger partial charge in [0.25, 0.3) is 5.91 Å². The van der Waals surface area contributed by atoms with Crippen LogP contribution in [0.2, 0.25) is 0 Å². The van der Waals surface area contributed by atoms with E-state index in [1.54, 1.807) is 6.07 Å². The molecule has 1 fully saturated rings. The fourth-order valence-electron chi connectivity index (χ4n) is 2.05. The molecule has 1 atom stereocenters. The number of hydrogen-bond acceptors (Lipinski definition) is 5. The number of furan rings is 1. The van der Waals surface area contributed by atoms with Crippen molar-refractivity contribution in [3.05, 3.63) is 54.0 Å². The lowest BCUT2D eigenvalue weighted by molar-refractivity contribution is -0.129. The molecular weight excluding hydrogens is 310 g/mol. The standard InChI is InChI=1S/C18H19NO5/c1-12(17(20)19-13-7-8-13)23-18(21)16-10-9-15(24-16)11-22-14-5-3-2-4-6-14/h2-6,9-10,12-13H,7-8,11H2,1H3,(H,19,20)/t12-/m1/s1. The van der Waals surface area contributed by atoms with Gasteiger partial charge in [0.2, 0.25) is 5.76 Å². The Morgan fingerprint density at radius 3 is 2.67 bits per heavy atom. The van der Waals surface area contributed by atoms with E-state index in [-0.39, 0.29) is 24.3 Å². The van der Waals surface area contributed by atoms with Crippen LogP contribution in [0.5, 0.6) is 5.75 Å². The van der Waals surface area contributed by atoms with Crippen molar-refractivity contribution in [1.82, 2.24) is 5.32 Å². The summed E-state index contributed by atoms with van der Waals surface area (Å²) in [5.41, 5.74) is 0. The van der Waals surface area contributed by atoms with Crippen LogP contribution in [0.4, 0.5) is 0 Å². The van der Waals surface area contributed by atoms with Crippen LogP contribution >= 0.6 is 0 Å². The highest BCUT2D eigenvalue weighted by Crippen LogP contribution is 2.19. The molecule has 1 aliphatic rings. The molecule has 6 heteroatoms. The fraction of sp³-hybridized carbons (Fsp3) is 0.333. The highest BCUT2D eigenvalue weighted by Gasteiger charge is 2.28. The third-order valence-corrected chi connectivity index (χ3v) is 3.56. The molecule has 1 aromatic heterocycles. The molecule has 0 radical (unpaired) electrons. The smallest absolute Gasteiger partial charge is 0.375 e. The van der Waals surface area contributed by atoms with Crippen LogP contribution in [0.25, 0.3) is 0 Å².